The molecule has 0 radical (unpaired) electrons. The van der Waals surface area contributed by atoms with E-state index in [9.17, 15) is 8.42 Å². The fourth-order valence-electron chi connectivity index (χ4n) is 5.36. The minimum absolute atomic E-state index is 0.210. The lowest BCUT2D eigenvalue weighted by atomic mass is 9.96. The number of hydrogen-bond acceptors (Lipinski definition) is 6. The monoisotopic (exact) mass is 561 g/mol. The summed E-state index contributed by atoms with van der Waals surface area (Å²) in [5.41, 5.74) is 6.38. The molecule has 1 fully saturated rings. The van der Waals surface area contributed by atoms with Gasteiger partial charge < -0.3 is 24.3 Å². The normalized spacial score (nSPS) is 18.3. The van der Waals surface area contributed by atoms with E-state index in [1.807, 2.05) is 48.5 Å². The number of sulfonamides is 1. The van der Waals surface area contributed by atoms with Crippen LogP contribution < -0.4 is 24.4 Å². The number of aromatic nitrogens is 2. The number of anilines is 2. The van der Waals surface area contributed by atoms with Gasteiger partial charge in [0, 0.05) is 40.7 Å². The summed E-state index contributed by atoms with van der Waals surface area (Å²) in [6, 6.07) is 20.8. The molecule has 2 aliphatic heterocycles. The second-order valence-electron chi connectivity index (χ2n) is 9.62. The maximum absolute atomic E-state index is 11.7. The van der Waals surface area contributed by atoms with E-state index in [1.165, 1.54) is 0 Å². The van der Waals surface area contributed by atoms with E-state index in [4.69, 9.17) is 21.7 Å². The zero-order valence-corrected chi connectivity index (χ0v) is 23.2. The Morgan fingerprint density at radius 3 is 2.46 bits per heavy atom. The van der Waals surface area contributed by atoms with Gasteiger partial charge in [0.05, 0.1) is 24.0 Å². The molecule has 39 heavy (non-hydrogen) atoms. The van der Waals surface area contributed by atoms with E-state index in [0.717, 1.165) is 51.8 Å². The van der Waals surface area contributed by atoms with Gasteiger partial charge in [-0.05, 0) is 86.2 Å². The zero-order chi connectivity index (χ0) is 27.3. The van der Waals surface area contributed by atoms with Crippen LogP contribution in [0.25, 0.3) is 5.69 Å². The molecule has 9 nitrogen and oxygen atoms in total. The molecule has 0 spiro atoms. The highest BCUT2D eigenvalue weighted by atomic mass is 32.2. The average molecular weight is 562 g/mol. The molecule has 2 N–H and O–H groups in total. The van der Waals surface area contributed by atoms with Gasteiger partial charge >= 0.3 is 0 Å². The first kappa shape index (κ1) is 25.2. The summed E-state index contributed by atoms with van der Waals surface area (Å²) >= 11 is 5.87. The predicted molar refractivity (Wildman–Crippen MR) is 154 cm³/mol. The molecule has 11 heteroatoms. The Kier molecular flexibility index (Phi) is 6.19. The molecule has 2 aliphatic rings. The standard InChI is InChI=1S/C28H27N5O4S2/c1-17-14-22(18(2)32(17)21-11-12-24-25(15-21)37-16-36-24)27-26(23-6-4-5-13-29-23)30-28(38)33(27)20-9-7-19(8-10-20)31-39(3,34)35/h4-15,26-27,31H,16H2,1-3H3,(H,30,38)/t26-,27-/m1/s1. The molecule has 2 aromatic carbocycles. The number of rotatable bonds is 6. The average Bonchev–Trinajstić information content (AvgIpc) is 3.59. The summed E-state index contributed by atoms with van der Waals surface area (Å²) in [6.45, 7) is 4.40. The van der Waals surface area contributed by atoms with Crippen molar-refractivity contribution in [3.05, 3.63) is 95.6 Å². The van der Waals surface area contributed by atoms with Crippen molar-refractivity contribution in [3.8, 4) is 17.2 Å². The van der Waals surface area contributed by atoms with Crippen molar-refractivity contribution in [1.29, 1.82) is 0 Å². The lowest BCUT2D eigenvalue weighted by Gasteiger charge is -2.28. The zero-order valence-electron chi connectivity index (χ0n) is 21.6. The van der Waals surface area contributed by atoms with Gasteiger partial charge in [-0.1, -0.05) is 6.07 Å². The summed E-state index contributed by atoms with van der Waals surface area (Å²) in [5, 5.41) is 4.05. The Labute approximate surface area is 232 Å². The summed E-state index contributed by atoms with van der Waals surface area (Å²) in [5.74, 6) is 1.46. The summed E-state index contributed by atoms with van der Waals surface area (Å²) in [6.07, 6.45) is 2.91. The lowest BCUT2D eigenvalue weighted by molar-refractivity contribution is 0.174. The Balaban J connectivity index is 1.45. The first-order chi connectivity index (χ1) is 18.7. The van der Waals surface area contributed by atoms with Crippen LogP contribution in [-0.4, -0.2) is 36.1 Å². The number of pyridine rings is 1. The minimum atomic E-state index is -3.39. The third-order valence-corrected chi connectivity index (χ3v) is 7.87. The summed E-state index contributed by atoms with van der Waals surface area (Å²) < 4.78 is 39.3. The maximum atomic E-state index is 11.7. The molecule has 2 aromatic heterocycles. The smallest absolute Gasteiger partial charge is 0.231 e. The van der Waals surface area contributed by atoms with Crippen molar-refractivity contribution in [2.24, 2.45) is 0 Å². The van der Waals surface area contributed by atoms with Crippen molar-refractivity contribution in [3.63, 3.8) is 0 Å². The van der Waals surface area contributed by atoms with Gasteiger partial charge in [0.25, 0.3) is 0 Å². The number of nitrogens with zero attached hydrogens (tertiary/aromatic N) is 3. The molecule has 0 aliphatic carbocycles. The van der Waals surface area contributed by atoms with E-state index >= 15 is 0 Å². The van der Waals surface area contributed by atoms with Crippen molar-refractivity contribution in [1.82, 2.24) is 14.9 Å². The van der Waals surface area contributed by atoms with Crippen LogP contribution in [0.2, 0.25) is 0 Å². The Morgan fingerprint density at radius 1 is 1.00 bits per heavy atom. The van der Waals surface area contributed by atoms with E-state index in [1.54, 1.807) is 18.3 Å². The van der Waals surface area contributed by atoms with E-state index in [2.05, 4.69) is 44.4 Å². The van der Waals surface area contributed by atoms with E-state index in [-0.39, 0.29) is 18.9 Å². The van der Waals surface area contributed by atoms with Crippen molar-refractivity contribution < 1.29 is 17.9 Å². The van der Waals surface area contributed by atoms with E-state index < -0.39 is 10.0 Å². The largest absolute Gasteiger partial charge is 0.454 e. The Morgan fingerprint density at radius 2 is 1.74 bits per heavy atom. The second-order valence-corrected chi connectivity index (χ2v) is 11.8. The highest BCUT2D eigenvalue weighted by Gasteiger charge is 2.42. The van der Waals surface area contributed by atoms with Gasteiger partial charge in [0.15, 0.2) is 16.6 Å². The molecule has 0 bridgehead atoms. The second kappa shape index (κ2) is 9.58. The molecule has 2 atom stereocenters. The number of benzene rings is 2. The highest BCUT2D eigenvalue weighted by molar-refractivity contribution is 7.92. The maximum Gasteiger partial charge on any atom is 0.231 e. The molecule has 0 unspecified atom stereocenters. The number of thiocarbonyl (C=S) groups is 1. The molecule has 1 saturated heterocycles. The van der Waals surface area contributed by atoms with Gasteiger partial charge in [-0.3, -0.25) is 9.71 Å². The van der Waals surface area contributed by atoms with Crippen LogP contribution in [0.3, 0.4) is 0 Å². The molecular formula is C28H27N5O4S2. The summed E-state index contributed by atoms with van der Waals surface area (Å²) in [7, 11) is -3.39. The Bertz CT molecular complexity index is 1670. The van der Waals surface area contributed by atoms with Crippen LogP contribution >= 0.6 is 12.2 Å². The van der Waals surface area contributed by atoms with Crippen molar-refractivity contribution in [2.75, 3.05) is 22.7 Å². The Hall–Kier alpha value is -4.09. The van der Waals surface area contributed by atoms with Gasteiger partial charge in [0.1, 0.15) is 0 Å². The van der Waals surface area contributed by atoms with Crippen molar-refractivity contribution >= 4 is 38.7 Å². The molecule has 0 amide bonds. The van der Waals surface area contributed by atoms with Crippen LogP contribution in [0.4, 0.5) is 11.4 Å². The molecular weight excluding hydrogens is 534 g/mol. The predicted octanol–water partition coefficient (Wildman–Crippen LogP) is 4.77. The lowest BCUT2D eigenvalue weighted by Crippen LogP contribution is -2.29. The van der Waals surface area contributed by atoms with Crippen molar-refractivity contribution in [2.45, 2.75) is 25.9 Å². The van der Waals surface area contributed by atoms with Gasteiger partial charge in [-0.2, -0.15) is 0 Å². The molecule has 0 saturated carbocycles. The van der Waals surface area contributed by atoms with Crippen LogP contribution in [-0.2, 0) is 10.0 Å². The number of fused-ring (bicyclic) bond motifs is 1. The van der Waals surface area contributed by atoms with Crippen LogP contribution in [0.1, 0.15) is 34.7 Å². The number of aryl methyl sites for hydroxylation is 1. The fourth-order valence-corrected chi connectivity index (χ4v) is 6.27. The highest BCUT2D eigenvalue weighted by Crippen LogP contribution is 2.44. The summed E-state index contributed by atoms with van der Waals surface area (Å²) in [4.78, 5) is 6.72. The third-order valence-electron chi connectivity index (χ3n) is 6.95. The SMILES string of the molecule is Cc1cc([C@@H]2[C@@H](c3ccccn3)NC(=S)N2c2ccc(NS(C)(=O)=O)cc2)c(C)n1-c1ccc2c(c1)OCO2. The van der Waals surface area contributed by atoms with Crippen LogP contribution in [0.5, 0.6) is 11.5 Å². The fraction of sp³-hybridized carbons (Fsp3) is 0.214. The van der Waals surface area contributed by atoms with Gasteiger partial charge in [0.2, 0.25) is 16.8 Å². The number of hydrogen-bond donors (Lipinski definition) is 2. The number of ether oxygens (including phenoxy) is 2. The molecule has 4 heterocycles. The van der Waals surface area contributed by atoms with Gasteiger partial charge in [-0.15, -0.1) is 0 Å². The molecule has 4 aromatic rings. The first-order valence-electron chi connectivity index (χ1n) is 12.4. The number of nitrogens with one attached hydrogen (secondary N) is 2. The minimum Gasteiger partial charge on any atom is -0.454 e. The topological polar surface area (TPSA) is 97.7 Å². The third kappa shape index (κ3) is 4.68. The van der Waals surface area contributed by atoms with Crippen LogP contribution in [0, 0.1) is 13.8 Å². The first-order valence-corrected chi connectivity index (χ1v) is 14.7. The quantitative estimate of drug-likeness (QED) is 0.325. The van der Waals surface area contributed by atoms with Gasteiger partial charge in [-0.25, -0.2) is 8.42 Å². The molecule has 200 valence electrons. The molecule has 6 rings (SSSR count). The van der Waals surface area contributed by atoms with E-state index in [0.29, 0.717) is 10.8 Å². The van der Waals surface area contributed by atoms with Crippen LogP contribution in [0.15, 0.2) is 72.9 Å².